The van der Waals surface area contributed by atoms with E-state index in [9.17, 15) is 4.79 Å². The lowest BCUT2D eigenvalue weighted by Gasteiger charge is -2.10. The number of nitrogens with zero attached hydrogens (tertiary/aromatic N) is 1. The number of amidine groups is 1. The van der Waals surface area contributed by atoms with Crippen LogP contribution in [0.15, 0.2) is 29.3 Å². The third-order valence-electron chi connectivity index (χ3n) is 2.21. The highest BCUT2D eigenvalue weighted by molar-refractivity contribution is 9.09. The lowest BCUT2D eigenvalue weighted by atomic mass is 10.1. The van der Waals surface area contributed by atoms with E-state index in [1.165, 1.54) is 0 Å². The average molecular weight is 334 g/mol. The van der Waals surface area contributed by atoms with Crippen molar-refractivity contribution in [1.29, 1.82) is 0 Å². The van der Waals surface area contributed by atoms with Crippen LogP contribution in [0.4, 0.5) is 0 Å². The molecule has 1 atom stereocenters. The quantitative estimate of drug-likeness (QED) is 0.845. The Labute approximate surface area is 117 Å². The van der Waals surface area contributed by atoms with E-state index >= 15 is 0 Å². The van der Waals surface area contributed by atoms with Gasteiger partial charge < -0.3 is 5.32 Å². The van der Waals surface area contributed by atoms with E-state index in [1.54, 1.807) is 23.9 Å². The van der Waals surface area contributed by atoms with Gasteiger partial charge in [0.15, 0.2) is 5.17 Å². The molecule has 17 heavy (non-hydrogen) atoms. The maximum atomic E-state index is 11.9. The summed E-state index contributed by atoms with van der Waals surface area (Å²) in [6.45, 7) is 0.772. The number of benzene rings is 1. The third kappa shape index (κ3) is 3.47. The minimum absolute atomic E-state index is 0.111. The van der Waals surface area contributed by atoms with E-state index in [1.807, 2.05) is 12.1 Å². The number of rotatable bonds is 2. The maximum Gasteiger partial charge on any atom is 0.244 e. The van der Waals surface area contributed by atoms with E-state index in [0.717, 1.165) is 17.9 Å². The molecule has 0 aromatic heterocycles. The van der Waals surface area contributed by atoms with Crippen molar-refractivity contribution >= 4 is 50.4 Å². The van der Waals surface area contributed by atoms with Crippen LogP contribution >= 0.6 is 39.3 Å². The predicted octanol–water partition coefficient (Wildman–Crippen LogP) is 3.00. The summed E-state index contributed by atoms with van der Waals surface area (Å²) >= 11 is 10.7. The Kier molecular flexibility index (Phi) is 4.48. The molecule has 1 N–H and O–H groups in total. The molecule has 2 rings (SSSR count). The molecule has 0 saturated heterocycles. The van der Waals surface area contributed by atoms with Gasteiger partial charge in [0, 0.05) is 10.8 Å². The van der Waals surface area contributed by atoms with Gasteiger partial charge in [0.25, 0.3) is 0 Å². The Hall–Kier alpha value is -0.520. The second-order valence-corrected chi connectivity index (χ2v) is 5.87. The van der Waals surface area contributed by atoms with Crippen LogP contribution in [-0.4, -0.2) is 23.4 Å². The molecule has 3 nitrogen and oxygen atoms in total. The standard InChI is InChI=1S/C11H10BrClN2OS/c12-9(7-1-3-8(13)4-2-7)10(16)15-11-14-5-6-17-11/h1-4,9H,5-6H2,(H,14,15,16)/t9-/m0/s1. The van der Waals surface area contributed by atoms with Gasteiger partial charge in [0.2, 0.25) is 5.91 Å². The summed E-state index contributed by atoms with van der Waals surface area (Å²) in [5.41, 5.74) is 0.871. The van der Waals surface area contributed by atoms with Gasteiger partial charge in [-0.2, -0.15) is 0 Å². The molecule has 1 aliphatic heterocycles. The Bertz CT molecular complexity index is 449. The van der Waals surface area contributed by atoms with Crippen molar-refractivity contribution in [1.82, 2.24) is 5.32 Å². The van der Waals surface area contributed by atoms with Gasteiger partial charge in [-0.25, -0.2) is 0 Å². The third-order valence-corrected chi connectivity index (χ3v) is 4.30. The molecule has 1 aromatic carbocycles. The Morgan fingerprint density at radius 3 is 2.76 bits per heavy atom. The van der Waals surface area contributed by atoms with Crippen LogP contribution < -0.4 is 5.32 Å². The Morgan fingerprint density at radius 2 is 2.18 bits per heavy atom. The minimum Gasteiger partial charge on any atom is -0.304 e. The summed E-state index contributed by atoms with van der Waals surface area (Å²) in [7, 11) is 0. The number of carbonyl (C=O) groups excluding carboxylic acids is 1. The lowest BCUT2D eigenvalue weighted by molar-refractivity contribution is -0.119. The molecule has 0 saturated carbocycles. The van der Waals surface area contributed by atoms with Gasteiger partial charge >= 0.3 is 0 Å². The first-order valence-electron chi connectivity index (χ1n) is 5.04. The number of hydrogen-bond donors (Lipinski definition) is 1. The molecule has 6 heteroatoms. The number of nitrogens with one attached hydrogen (secondary N) is 1. The number of amides is 1. The highest BCUT2D eigenvalue weighted by atomic mass is 79.9. The zero-order valence-electron chi connectivity index (χ0n) is 8.82. The highest BCUT2D eigenvalue weighted by Crippen LogP contribution is 2.24. The van der Waals surface area contributed by atoms with Crippen LogP contribution in [-0.2, 0) is 4.79 Å². The van der Waals surface area contributed by atoms with Crippen molar-refractivity contribution in [3.05, 3.63) is 34.9 Å². The van der Waals surface area contributed by atoms with Crippen molar-refractivity contribution in [3.8, 4) is 0 Å². The summed E-state index contributed by atoms with van der Waals surface area (Å²) in [6, 6.07) is 7.18. The summed E-state index contributed by atoms with van der Waals surface area (Å²) in [5.74, 6) is 0.823. The second-order valence-electron chi connectivity index (χ2n) is 3.44. The zero-order valence-corrected chi connectivity index (χ0v) is 12.0. The molecule has 0 aliphatic carbocycles. The maximum absolute atomic E-state index is 11.9. The summed E-state index contributed by atoms with van der Waals surface area (Å²) in [4.78, 5) is 15.7. The molecule has 90 valence electrons. The molecular formula is C11H10BrClN2OS. The van der Waals surface area contributed by atoms with E-state index < -0.39 is 0 Å². The molecule has 0 fully saturated rings. The van der Waals surface area contributed by atoms with Crippen LogP contribution in [0.25, 0.3) is 0 Å². The number of hydrogen-bond acceptors (Lipinski definition) is 3. The fourth-order valence-corrected chi connectivity index (χ4v) is 2.64. The smallest absolute Gasteiger partial charge is 0.244 e. The van der Waals surface area contributed by atoms with Gasteiger partial charge in [-0.1, -0.05) is 51.4 Å². The number of alkyl halides is 1. The van der Waals surface area contributed by atoms with Crippen LogP contribution in [0, 0.1) is 0 Å². The van der Waals surface area contributed by atoms with Gasteiger partial charge in [0.05, 0.1) is 6.54 Å². The zero-order chi connectivity index (χ0) is 12.3. The fraction of sp³-hybridized carbons (Fsp3) is 0.273. The first-order chi connectivity index (χ1) is 8.16. The van der Waals surface area contributed by atoms with Gasteiger partial charge in [-0.3, -0.25) is 9.79 Å². The Morgan fingerprint density at radius 1 is 1.47 bits per heavy atom. The van der Waals surface area contributed by atoms with Crippen LogP contribution in [0.1, 0.15) is 10.4 Å². The molecule has 1 heterocycles. The topological polar surface area (TPSA) is 41.5 Å². The van der Waals surface area contributed by atoms with Crippen LogP contribution in [0.3, 0.4) is 0 Å². The van der Waals surface area contributed by atoms with Crippen LogP contribution in [0.2, 0.25) is 5.02 Å². The number of aliphatic imine (C=N–C) groups is 1. The summed E-state index contributed by atoms with van der Waals surface area (Å²) in [5, 5.41) is 4.15. The SMILES string of the molecule is O=C(NC1=NCCS1)[C@@H](Br)c1ccc(Cl)cc1. The first kappa shape index (κ1) is 12.9. The van der Waals surface area contributed by atoms with E-state index in [-0.39, 0.29) is 10.7 Å². The monoisotopic (exact) mass is 332 g/mol. The predicted molar refractivity (Wildman–Crippen MR) is 76.0 cm³/mol. The van der Waals surface area contributed by atoms with Crippen molar-refractivity contribution in [2.45, 2.75) is 4.83 Å². The molecule has 0 unspecified atom stereocenters. The van der Waals surface area contributed by atoms with Crippen molar-refractivity contribution < 1.29 is 4.79 Å². The molecule has 1 aliphatic rings. The van der Waals surface area contributed by atoms with Crippen molar-refractivity contribution in [3.63, 3.8) is 0 Å². The summed E-state index contributed by atoms with van der Waals surface area (Å²) < 4.78 is 0. The number of carbonyl (C=O) groups is 1. The largest absolute Gasteiger partial charge is 0.304 e. The van der Waals surface area contributed by atoms with Gasteiger partial charge in [-0.15, -0.1) is 0 Å². The van der Waals surface area contributed by atoms with E-state index in [4.69, 9.17) is 11.6 Å². The Balaban J connectivity index is 2.01. The van der Waals surface area contributed by atoms with E-state index in [2.05, 4.69) is 26.2 Å². The minimum atomic E-state index is -0.385. The number of halogens is 2. The molecule has 1 aromatic rings. The first-order valence-corrected chi connectivity index (χ1v) is 7.32. The fourth-order valence-electron chi connectivity index (χ4n) is 1.36. The van der Waals surface area contributed by atoms with Gasteiger partial charge in [0.1, 0.15) is 4.83 Å². The molecular weight excluding hydrogens is 324 g/mol. The summed E-state index contributed by atoms with van der Waals surface area (Å²) in [6.07, 6.45) is 0. The lowest BCUT2D eigenvalue weighted by Crippen LogP contribution is -2.30. The normalized spacial score (nSPS) is 16.5. The average Bonchev–Trinajstić information content (AvgIpc) is 2.82. The van der Waals surface area contributed by atoms with Crippen molar-refractivity contribution in [2.75, 3.05) is 12.3 Å². The molecule has 1 amide bonds. The number of thioether (sulfide) groups is 1. The second kappa shape index (κ2) is 5.89. The van der Waals surface area contributed by atoms with E-state index in [0.29, 0.717) is 10.2 Å². The van der Waals surface area contributed by atoms with Crippen molar-refractivity contribution in [2.24, 2.45) is 4.99 Å². The molecule has 0 spiro atoms. The molecule has 0 bridgehead atoms. The highest BCUT2D eigenvalue weighted by Gasteiger charge is 2.19. The molecule has 0 radical (unpaired) electrons. The van der Waals surface area contributed by atoms with Crippen LogP contribution in [0.5, 0.6) is 0 Å². The van der Waals surface area contributed by atoms with Gasteiger partial charge in [-0.05, 0) is 17.7 Å².